The number of carbonyl (C=O) groups excluding carboxylic acids is 2. The van der Waals surface area contributed by atoms with Crippen molar-refractivity contribution < 1.29 is 9.59 Å². The Kier molecular flexibility index (Phi) is 8.80. The molecule has 3 rings (SSSR count). The van der Waals surface area contributed by atoms with Gasteiger partial charge < -0.3 is 10.2 Å². The topological polar surface area (TPSA) is 65.5 Å². The molecule has 0 unspecified atom stereocenters. The highest BCUT2D eigenvalue weighted by Crippen LogP contribution is 2.26. The van der Waals surface area contributed by atoms with Crippen LogP contribution in [0.1, 0.15) is 74.5 Å². The number of benzene rings is 1. The summed E-state index contributed by atoms with van der Waals surface area (Å²) in [6.45, 7) is 8.88. The fraction of sp³-hybridized carbons (Fsp3) is 0.500. The molecule has 2 aromatic rings. The van der Waals surface area contributed by atoms with Crippen LogP contribution in [0.5, 0.6) is 0 Å². The van der Waals surface area contributed by atoms with Crippen molar-refractivity contribution in [1.29, 1.82) is 0 Å². The minimum atomic E-state index is -0.130. The lowest BCUT2D eigenvalue weighted by Gasteiger charge is -2.31. The summed E-state index contributed by atoms with van der Waals surface area (Å²) in [6.07, 6.45) is 7.45. The van der Waals surface area contributed by atoms with E-state index < -0.39 is 0 Å². The van der Waals surface area contributed by atoms with Gasteiger partial charge in [0.2, 0.25) is 5.91 Å². The molecule has 2 heterocycles. The zero-order valence-electron chi connectivity index (χ0n) is 19.6. The zero-order chi connectivity index (χ0) is 22.9. The molecule has 1 aromatic heterocycles. The van der Waals surface area contributed by atoms with Crippen LogP contribution < -0.4 is 10.2 Å². The van der Waals surface area contributed by atoms with E-state index in [0.717, 1.165) is 49.4 Å². The predicted octanol–water partition coefficient (Wildman–Crippen LogP) is 4.54. The Morgan fingerprint density at radius 3 is 2.47 bits per heavy atom. The molecule has 172 valence electrons. The second-order valence-electron chi connectivity index (χ2n) is 8.85. The van der Waals surface area contributed by atoms with Crippen molar-refractivity contribution in [2.75, 3.05) is 18.0 Å². The van der Waals surface area contributed by atoms with E-state index in [-0.39, 0.29) is 11.8 Å². The van der Waals surface area contributed by atoms with Crippen molar-refractivity contribution in [2.24, 2.45) is 0 Å². The Morgan fingerprint density at radius 1 is 1.03 bits per heavy atom. The van der Waals surface area contributed by atoms with Crippen LogP contribution in [0, 0.1) is 0 Å². The molecule has 0 saturated heterocycles. The van der Waals surface area contributed by atoms with Crippen LogP contribution in [-0.4, -0.2) is 40.8 Å². The molecule has 0 bridgehead atoms. The van der Waals surface area contributed by atoms with E-state index in [1.807, 2.05) is 41.3 Å². The van der Waals surface area contributed by atoms with Crippen LogP contribution in [0.15, 0.2) is 42.6 Å². The van der Waals surface area contributed by atoms with Gasteiger partial charge in [-0.25, -0.2) is 0 Å². The first-order valence-corrected chi connectivity index (χ1v) is 11.8. The molecule has 1 N–H and O–H groups in total. The number of fused-ring (bicyclic) bond motifs is 1. The summed E-state index contributed by atoms with van der Waals surface area (Å²) in [7, 11) is 0. The Bertz CT molecular complexity index is 898. The Balaban J connectivity index is 1.89. The molecule has 0 radical (unpaired) electrons. The maximum absolute atomic E-state index is 12.9. The smallest absolute Gasteiger partial charge is 0.251 e. The average molecular weight is 437 g/mol. The molecule has 32 heavy (non-hydrogen) atoms. The Labute approximate surface area is 192 Å². The fourth-order valence-electron chi connectivity index (χ4n) is 4.19. The molecular formula is C26H36N4O2. The maximum atomic E-state index is 12.9. The average Bonchev–Trinajstić information content (AvgIpc) is 2.78. The number of pyridine rings is 1. The summed E-state index contributed by atoms with van der Waals surface area (Å²) in [5.74, 6) is -0.0817. The second-order valence-corrected chi connectivity index (χ2v) is 8.85. The highest BCUT2D eigenvalue weighted by molar-refractivity contribution is 5.97. The monoisotopic (exact) mass is 436 g/mol. The van der Waals surface area contributed by atoms with Crippen molar-refractivity contribution in [3.05, 3.63) is 59.4 Å². The van der Waals surface area contributed by atoms with Gasteiger partial charge in [-0.1, -0.05) is 25.3 Å². The predicted molar refractivity (Wildman–Crippen MR) is 129 cm³/mol. The van der Waals surface area contributed by atoms with Gasteiger partial charge in [-0.2, -0.15) is 0 Å². The number of nitrogens with one attached hydrogen (secondary N) is 1. The van der Waals surface area contributed by atoms with E-state index >= 15 is 0 Å². The standard InChI is InChI=1S/C26H36N4O2/c1-20(2)29-15-9-5-4-6-10-16-30(21(3)31)25-13-12-22(17-23(25)19-29)26(32)28-18-24-11-7-8-14-27-24/h7-8,11-14,17,20H,4-6,9-10,15-16,18-19H2,1-3H3,(H,28,32). The van der Waals surface area contributed by atoms with Gasteiger partial charge in [0.1, 0.15) is 0 Å². The third-order valence-corrected chi connectivity index (χ3v) is 6.10. The van der Waals surface area contributed by atoms with Gasteiger partial charge in [0, 0.05) is 43.5 Å². The Hall–Kier alpha value is -2.73. The first kappa shape index (κ1) is 23.9. The zero-order valence-corrected chi connectivity index (χ0v) is 19.6. The first-order chi connectivity index (χ1) is 15.5. The molecule has 0 aliphatic carbocycles. The number of aromatic nitrogens is 1. The van der Waals surface area contributed by atoms with Gasteiger partial charge in [0.05, 0.1) is 12.2 Å². The number of rotatable bonds is 4. The summed E-state index contributed by atoms with van der Waals surface area (Å²) >= 11 is 0. The first-order valence-electron chi connectivity index (χ1n) is 11.8. The highest BCUT2D eigenvalue weighted by atomic mass is 16.2. The SMILES string of the molecule is CC(=O)N1CCCCCCCN(C(C)C)Cc2cc(C(=O)NCc3ccccn3)ccc21. The van der Waals surface area contributed by atoms with E-state index in [1.165, 1.54) is 19.3 Å². The highest BCUT2D eigenvalue weighted by Gasteiger charge is 2.21. The van der Waals surface area contributed by atoms with Gasteiger partial charge >= 0.3 is 0 Å². The second kappa shape index (κ2) is 11.8. The van der Waals surface area contributed by atoms with E-state index in [0.29, 0.717) is 18.2 Å². The van der Waals surface area contributed by atoms with Crippen molar-refractivity contribution >= 4 is 17.5 Å². The lowest BCUT2D eigenvalue weighted by atomic mass is 10.0. The molecule has 1 aromatic carbocycles. The third-order valence-electron chi connectivity index (χ3n) is 6.10. The van der Waals surface area contributed by atoms with E-state index in [9.17, 15) is 9.59 Å². The summed E-state index contributed by atoms with van der Waals surface area (Å²) in [4.78, 5) is 34.0. The summed E-state index contributed by atoms with van der Waals surface area (Å²) in [5, 5.41) is 2.96. The van der Waals surface area contributed by atoms with Crippen LogP contribution >= 0.6 is 0 Å². The lowest BCUT2D eigenvalue weighted by Crippen LogP contribution is -2.35. The minimum Gasteiger partial charge on any atom is -0.346 e. The van der Waals surface area contributed by atoms with Crippen molar-refractivity contribution in [3.8, 4) is 0 Å². The van der Waals surface area contributed by atoms with Crippen LogP contribution in [0.3, 0.4) is 0 Å². The minimum absolute atomic E-state index is 0.0479. The largest absolute Gasteiger partial charge is 0.346 e. The molecule has 0 saturated carbocycles. The molecule has 0 spiro atoms. The lowest BCUT2D eigenvalue weighted by molar-refractivity contribution is -0.116. The van der Waals surface area contributed by atoms with Crippen molar-refractivity contribution in [2.45, 2.75) is 72.0 Å². The molecule has 1 aliphatic rings. The Morgan fingerprint density at radius 2 is 1.78 bits per heavy atom. The van der Waals surface area contributed by atoms with Gasteiger partial charge in [0.25, 0.3) is 5.91 Å². The summed E-state index contributed by atoms with van der Waals surface area (Å²) in [6, 6.07) is 11.8. The van der Waals surface area contributed by atoms with E-state index in [2.05, 4.69) is 29.0 Å². The van der Waals surface area contributed by atoms with Gasteiger partial charge in [-0.3, -0.25) is 19.5 Å². The van der Waals surface area contributed by atoms with Crippen LogP contribution in [0.25, 0.3) is 0 Å². The maximum Gasteiger partial charge on any atom is 0.251 e. The van der Waals surface area contributed by atoms with E-state index in [4.69, 9.17) is 0 Å². The number of hydrogen-bond acceptors (Lipinski definition) is 4. The molecule has 0 fully saturated rings. The molecule has 6 heteroatoms. The quantitative estimate of drug-likeness (QED) is 0.764. The molecule has 6 nitrogen and oxygen atoms in total. The molecule has 2 amide bonds. The van der Waals surface area contributed by atoms with Crippen LogP contribution in [0.4, 0.5) is 5.69 Å². The summed E-state index contributed by atoms with van der Waals surface area (Å²) in [5.41, 5.74) is 3.38. The van der Waals surface area contributed by atoms with Crippen LogP contribution in [-0.2, 0) is 17.9 Å². The molecule has 0 atom stereocenters. The normalized spacial score (nSPS) is 16.1. The third kappa shape index (κ3) is 6.63. The van der Waals surface area contributed by atoms with Crippen molar-refractivity contribution in [3.63, 3.8) is 0 Å². The number of nitrogens with zero attached hydrogens (tertiary/aromatic N) is 3. The fourth-order valence-corrected chi connectivity index (χ4v) is 4.19. The van der Waals surface area contributed by atoms with Gasteiger partial charge in [0.15, 0.2) is 0 Å². The molecule has 1 aliphatic heterocycles. The number of amides is 2. The number of carbonyl (C=O) groups is 2. The summed E-state index contributed by atoms with van der Waals surface area (Å²) < 4.78 is 0. The van der Waals surface area contributed by atoms with Crippen molar-refractivity contribution in [1.82, 2.24) is 15.2 Å². The van der Waals surface area contributed by atoms with E-state index in [1.54, 1.807) is 13.1 Å². The molecular weight excluding hydrogens is 400 g/mol. The van der Waals surface area contributed by atoms with Gasteiger partial charge in [-0.05, 0) is 69.1 Å². The van der Waals surface area contributed by atoms with Crippen LogP contribution in [0.2, 0.25) is 0 Å². The number of anilines is 1. The number of hydrogen-bond donors (Lipinski definition) is 1. The van der Waals surface area contributed by atoms with Gasteiger partial charge in [-0.15, -0.1) is 0 Å².